The zero-order valence-electron chi connectivity index (χ0n) is 8.82. The van der Waals surface area contributed by atoms with E-state index in [4.69, 9.17) is 5.84 Å². The minimum Gasteiger partial charge on any atom is -1.00 e. The highest BCUT2D eigenvalue weighted by Crippen LogP contribution is 2.00. The maximum atomic E-state index is 11.8. The molecule has 5 nitrogen and oxygen atoms in total. The van der Waals surface area contributed by atoms with Gasteiger partial charge in [-0.15, -0.1) is 0 Å². The third-order valence-electron chi connectivity index (χ3n) is 2.38. The van der Waals surface area contributed by atoms with Gasteiger partial charge in [-0.25, -0.2) is 0 Å². The van der Waals surface area contributed by atoms with Crippen LogP contribution in [0.2, 0.25) is 0 Å². The third-order valence-corrected chi connectivity index (χ3v) is 2.38. The van der Waals surface area contributed by atoms with E-state index in [9.17, 15) is 4.79 Å². The predicted molar refractivity (Wildman–Crippen MR) is 55.5 cm³/mol. The normalized spacial score (nSPS) is 20.4. The van der Waals surface area contributed by atoms with Gasteiger partial charge in [-0.1, -0.05) is 35.9 Å². The number of ketones is 1. The Balaban J connectivity index is 0.00000128. The van der Waals surface area contributed by atoms with E-state index in [0.29, 0.717) is 6.54 Å². The largest absolute Gasteiger partial charge is 1.00 e. The maximum absolute atomic E-state index is 11.8. The number of carbonyl (C=O) groups excluding carboxylic acids is 1. The minimum atomic E-state index is 0. The van der Waals surface area contributed by atoms with Gasteiger partial charge < -0.3 is 17.0 Å². The molecule has 1 unspecified atom stereocenters. The molecule has 6 heteroatoms. The summed E-state index contributed by atoms with van der Waals surface area (Å²) >= 11 is 0. The summed E-state index contributed by atoms with van der Waals surface area (Å²) in [6, 6.07) is 9.28. The van der Waals surface area contributed by atoms with Crippen LogP contribution in [-0.2, 0) is 0 Å². The molecule has 1 aliphatic heterocycles. The number of nitrogens with one attached hydrogen (secondary N) is 2. The Morgan fingerprint density at radius 1 is 1.44 bits per heavy atom. The van der Waals surface area contributed by atoms with Gasteiger partial charge in [0.15, 0.2) is 5.78 Å². The van der Waals surface area contributed by atoms with Crippen molar-refractivity contribution in [2.45, 2.75) is 0 Å². The van der Waals surface area contributed by atoms with Gasteiger partial charge in [0.2, 0.25) is 0 Å². The van der Waals surface area contributed by atoms with Crippen LogP contribution in [0.15, 0.2) is 30.3 Å². The molecule has 0 bridgehead atoms. The Kier molecular flexibility index (Phi) is 5.04. The molecule has 88 valence electrons. The minimum absolute atomic E-state index is 0. The molecule has 0 aromatic heterocycles. The third kappa shape index (κ3) is 3.36. The van der Waals surface area contributed by atoms with Crippen LogP contribution >= 0.6 is 0 Å². The molecule has 1 heterocycles. The topological polar surface area (TPSA) is 62.8 Å². The number of Topliss-reactive ketones (excluding diaryl/α,β-unsaturated/α-hetero) is 1. The van der Waals surface area contributed by atoms with E-state index in [-0.39, 0.29) is 22.8 Å². The van der Waals surface area contributed by atoms with Crippen LogP contribution in [0.3, 0.4) is 0 Å². The summed E-state index contributed by atoms with van der Waals surface area (Å²) in [4.78, 5) is 11.8. The fourth-order valence-electron chi connectivity index (χ4n) is 1.58. The van der Waals surface area contributed by atoms with Gasteiger partial charge in [-0.2, -0.15) is 16.0 Å². The highest BCUT2D eigenvalue weighted by Gasteiger charge is 2.22. The second kappa shape index (κ2) is 6.07. The number of nitrogens with two attached hydrogens (primary N) is 1. The lowest BCUT2D eigenvalue weighted by Crippen LogP contribution is -3.22. The van der Waals surface area contributed by atoms with E-state index in [1.807, 2.05) is 35.3 Å². The molecule has 1 fully saturated rings. The molecule has 1 aliphatic rings. The first-order valence-corrected chi connectivity index (χ1v) is 4.97. The molecule has 1 aromatic carbocycles. The summed E-state index contributed by atoms with van der Waals surface area (Å²) in [6.07, 6.45) is 0. The van der Waals surface area contributed by atoms with E-state index < -0.39 is 0 Å². The first-order valence-electron chi connectivity index (χ1n) is 4.97. The van der Waals surface area contributed by atoms with E-state index in [1.54, 1.807) is 0 Å². The average molecular weight is 287 g/mol. The SMILES string of the molecule is N[NH+]1CCN(CC(=O)c2ccccc2)N1.[Br-]. The van der Waals surface area contributed by atoms with Crippen molar-refractivity contribution in [3.05, 3.63) is 35.9 Å². The van der Waals surface area contributed by atoms with Gasteiger partial charge >= 0.3 is 0 Å². The monoisotopic (exact) mass is 286 g/mol. The number of nitrogens with zero attached hydrogens (tertiary/aromatic N) is 1. The standard InChI is InChI=1S/C10H14N4O.BrH/c11-14-7-6-13(12-14)8-10(15)9-4-2-1-3-5-9;/h1-5,12H,6-8,11H2;1H. The lowest BCUT2D eigenvalue weighted by molar-refractivity contribution is -0.952. The molecule has 0 radical (unpaired) electrons. The van der Waals surface area contributed by atoms with Crippen molar-refractivity contribution in [1.29, 1.82) is 0 Å². The van der Waals surface area contributed by atoms with E-state index >= 15 is 0 Å². The molecule has 16 heavy (non-hydrogen) atoms. The molecule has 0 saturated carbocycles. The summed E-state index contributed by atoms with van der Waals surface area (Å²) in [5.74, 6) is 5.70. The van der Waals surface area contributed by atoms with Gasteiger partial charge in [0.25, 0.3) is 0 Å². The highest BCUT2D eigenvalue weighted by molar-refractivity contribution is 5.97. The van der Waals surface area contributed by atoms with Gasteiger partial charge in [-0.3, -0.25) is 4.79 Å². The van der Waals surface area contributed by atoms with Crippen molar-refractivity contribution >= 4 is 5.78 Å². The van der Waals surface area contributed by atoms with Crippen molar-refractivity contribution in [1.82, 2.24) is 10.5 Å². The average Bonchev–Trinajstić information content (AvgIpc) is 2.65. The van der Waals surface area contributed by atoms with Crippen molar-refractivity contribution in [3.63, 3.8) is 0 Å². The number of hydrogen-bond acceptors (Lipinski definition) is 4. The highest BCUT2D eigenvalue weighted by atomic mass is 79.9. The molecule has 1 saturated heterocycles. The number of halogens is 1. The molecule has 1 atom stereocenters. The Labute approximate surface area is 105 Å². The number of quaternary nitrogens is 1. The first kappa shape index (κ1) is 13.3. The second-order valence-electron chi connectivity index (χ2n) is 3.60. The smallest absolute Gasteiger partial charge is 0.178 e. The van der Waals surface area contributed by atoms with Crippen LogP contribution in [0.4, 0.5) is 0 Å². The van der Waals surface area contributed by atoms with Gasteiger partial charge in [0.1, 0.15) is 6.54 Å². The summed E-state index contributed by atoms with van der Waals surface area (Å²) in [5, 5.41) is 2.57. The van der Waals surface area contributed by atoms with Crippen molar-refractivity contribution in [2.75, 3.05) is 19.6 Å². The Hall–Kier alpha value is -0.790. The fourth-order valence-corrected chi connectivity index (χ4v) is 1.58. The molecule has 2 rings (SSSR count). The molecule has 4 N–H and O–H groups in total. The zero-order valence-corrected chi connectivity index (χ0v) is 10.4. The molecule has 0 amide bonds. The second-order valence-corrected chi connectivity index (χ2v) is 3.60. The number of rotatable bonds is 3. The first-order chi connectivity index (χ1) is 7.25. The van der Waals surface area contributed by atoms with E-state index in [1.165, 1.54) is 0 Å². The van der Waals surface area contributed by atoms with E-state index in [0.717, 1.165) is 23.8 Å². The van der Waals surface area contributed by atoms with Crippen LogP contribution in [-0.4, -0.2) is 30.4 Å². The molecule has 1 aromatic rings. The fraction of sp³-hybridized carbons (Fsp3) is 0.300. The predicted octanol–water partition coefficient (Wildman–Crippen LogP) is -4.63. The van der Waals surface area contributed by atoms with E-state index in [2.05, 4.69) is 5.53 Å². The molecule has 0 aliphatic carbocycles. The van der Waals surface area contributed by atoms with Crippen LogP contribution in [0.1, 0.15) is 10.4 Å². The Morgan fingerprint density at radius 3 is 2.69 bits per heavy atom. The summed E-state index contributed by atoms with van der Waals surface area (Å²) in [5.41, 5.74) is 3.70. The number of hydrogen-bond donors (Lipinski definition) is 3. The lowest BCUT2D eigenvalue weighted by atomic mass is 10.1. The number of benzene rings is 1. The summed E-state index contributed by atoms with van der Waals surface area (Å²) in [6.45, 7) is 1.97. The zero-order chi connectivity index (χ0) is 10.7. The van der Waals surface area contributed by atoms with Crippen LogP contribution < -0.4 is 33.5 Å². The Bertz CT molecular complexity index is 346. The summed E-state index contributed by atoms with van der Waals surface area (Å²) < 4.78 is 0. The number of carbonyl (C=O) groups is 1. The van der Waals surface area contributed by atoms with Gasteiger partial charge in [-0.05, 0) is 0 Å². The molecule has 0 spiro atoms. The van der Waals surface area contributed by atoms with Crippen LogP contribution in [0, 0.1) is 0 Å². The Morgan fingerprint density at radius 2 is 2.12 bits per heavy atom. The van der Waals surface area contributed by atoms with Crippen molar-refractivity contribution in [2.24, 2.45) is 5.84 Å². The van der Waals surface area contributed by atoms with Crippen LogP contribution in [0.25, 0.3) is 0 Å². The molecular weight excluding hydrogens is 272 g/mol. The van der Waals surface area contributed by atoms with Crippen molar-refractivity contribution in [3.8, 4) is 0 Å². The lowest BCUT2D eigenvalue weighted by Gasteiger charge is -2.11. The van der Waals surface area contributed by atoms with Crippen molar-refractivity contribution < 1.29 is 26.9 Å². The number of hydrazine groups is 1. The van der Waals surface area contributed by atoms with Gasteiger partial charge in [0.05, 0.1) is 13.1 Å². The maximum Gasteiger partial charge on any atom is 0.178 e. The quantitative estimate of drug-likeness (QED) is 0.387. The van der Waals surface area contributed by atoms with Crippen LogP contribution in [0.5, 0.6) is 0 Å². The molecular formula is C10H15BrN4O. The summed E-state index contributed by atoms with van der Waals surface area (Å²) in [7, 11) is 0. The van der Waals surface area contributed by atoms with Gasteiger partial charge in [0, 0.05) is 5.56 Å².